The Balaban J connectivity index is 2.19. The summed E-state index contributed by atoms with van der Waals surface area (Å²) in [5.41, 5.74) is 6.97. The van der Waals surface area contributed by atoms with Crippen LogP contribution in [0.5, 0.6) is 11.5 Å². The van der Waals surface area contributed by atoms with Crippen LogP contribution in [0.1, 0.15) is 10.4 Å². The molecule has 0 bridgehead atoms. The third-order valence-corrected chi connectivity index (χ3v) is 2.48. The number of pyridine rings is 1. The predicted molar refractivity (Wildman–Crippen MR) is 71.3 cm³/mol. The lowest BCUT2D eigenvalue weighted by Crippen LogP contribution is -2.12. The van der Waals surface area contributed by atoms with E-state index in [4.69, 9.17) is 10.5 Å². The molecule has 0 spiro atoms. The summed E-state index contributed by atoms with van der Waals surface area (Å²) in [7, 11) is 1.50. The van der Waals surface area contributed by atoms with Crippen molar-refractivity contribution in [2.45, 2.75) is 0 Å². The summed E-state index contributed by atoms with van der Waals surface area (Å²) in [4.78, 5) is 15.7. The molecule has 1 amide bonds. The molecule has 2 aromatic rings. The van der Waals surface area contributed by atoms with Crippen molar-refractivity contribution in [2.24, 2.45) is 0 Å². The highest BCUT2D eigenvalue weighted by Crippen LogP contribution is 2.25. The van der Waals surface area contributed by atoms with E-state index in [1.165, 1.54) is 25.6 Å². The minimum absolute atomic E-state index is 0.0671. The number of nitrogens with two attached hydrogens (primary N) is 1. The van der Waals surface area contributed by atoms with Crippen LogP contribution in [-0.4, -0.2) is 23.1 Å². The second-order valence-corrected chi connectivity index (χ2v) is 3.84. The van der Waals surface area contributed by atoms with E-state index in [1.54, 1.807) is 18.2 Å². The van der Waals surface area contributed by atoms with Gasteiger partial charge in [0.2, 0.25) is 0 Å². The highest BCUT2D eigenvalue weighted by molar-refractivity contribution is 6.04. The first-order chi connectivity index (χ1) is 9.10. The molecular weight excluding hydrogens is 246 g/mol. The number of benzene rings is 1. The Morgan fingerprint density at radius 2 is 2.16 bits per heavy atom. The molecule has 98 valence electrons. The van der Waals surface area contributed by atoms with Crippen LogP contribution in [-0.2, 0) is 0 Å². The normalized spacial score (nSPS) is 9.95. The number of carbonyl (C=O) groups is 1. The molecule has 0 aliphatic carbocycles. The lowest BCUT2D eigenvalue weighted by atomic mass is 10.2. The number of carbonyl (C=O) groups excluding carboxylic acids is 1. The van der Waals surface area contributed by atoms with Crippen LogP contribution >= 0.6 is 0 Å². The molecule has 6 heteroatoms. The molecule has 0 aliphatic rings. The van der Waals surface area contributed by atoms with Gasteiger partial charge in [-0.1, -0.05) is 0 Å². The van der Waals surface area contributed by atoms with E-state index in [2.05, 4.69) is 10.3 Å². The van der Waals surface area contributed by atoms with Gasteiger partial charge in [0.05, 0.1) is 24.6 Å². The van der Waals surface area contributed by atoms with Crippen LogP contribution in [0.4, 0.5) is 11.4 Å². The fourth-order valence-corrected chi connectivity index (χ4v) is 1.54. The smallest absolute Gasteiger partial charge is 0.257 e. The van der Waals surface area contributed by atoms with Gasteiger partial charge in [0.25, 0.3) is 5.91 Å². The van der Waals surface area contributed by atoms with E-state index in [0.29, 0.717) is 17.1 Å². The number of nitrogen functional groups attached to an aromatic ring is 1. The fraction of sp³-hybridized carbons (Fsp3) is 0.0769. The number of nitrogens with zero attached hydrogens (tertiary/aromatic N) is 1. The molecule has 0 unspecified atom stereocenters. The summed E-state index contributed by atoms with van der Waals surface area (Å²) < 4.78 is 5.06. The van der Waals surface area contributed by atoms with Gasteiger partial charge in [-0.15, -0.1) is 0 Å². The van der Waals surface area contributed by atoms with Gasteiger partial charge >= 0.3 is 0 Å². The Morgan fingerprint density at radius 1 is 1.37 bits per heavy atom. The van der Waals surface area contributed by atoms with Gasteiger partial charge in [0, 0.05) is 18.0 Å². The maximum atomic E-state index is 11.9. The molecule has 0 atom stereocenters. The van der Waals surface area contributed by atoms with E-state index in [9.17, 15) is 9.90 Å². The maximum Gasteiger partial charge on any atom is 0.257 e. The van der Waals surface area contributed by atoms with Crippen molar-refractivity contribution in [1.82, 2.24) is 4.98 Å². The summed E-state index contributed by atoms with van der Waals surface area (Å²) in [5, 5.41) is 11.9. The van der Waals surface area contributed by atoms with Crippen LogP contribution in [0, 0.1) is 0 Å². The second kappa shape index (κ2) is 5.26. The summed E-state index contributed by atoms with van der Waals surface area (Å²) in [6.45, 7) is 0. The fourth-order valence-electron chi connectivity index (χ4n) is 1.54. The van der Waals surface area contributed by atoms with E-state index < -0.39 is 0 Å². The predicted octanol–water partition coefficient (Wildman–Crippen LogP) is 1.63. The number of hydrogen-bond donors (Lipinski definition) is 3. The van der Waals surface area contributed by atoms with Crippen LogP contribution in [0.3, 0.4) is 0 Å². The molecule has 2 rings (SSSR count). The van der Waals surface area contributed by atoms with Gasteiger partial charge in [-0.3, -0.25) is 9.78 Å². The van der Waals surface area contributed by atoms with E-state index in [-0.39, 0.29) is 17.2 Å². The van der Waals surface area contributed by atoms with Crippen molar-refractivity contribution < 1.29 is 14.6 Å². The van der Waals surface area contributed by atoms with Crippen molar-refractivity contribution in [3.63, 3.8) is 0 Å². The zero-order valence-corrected chi connectivity index (χ0v) is 10.3. The number of hydrogen-bond acceptors (Lipinski definition) is 5. The van der Waals surface area contributed by atoms with Crippen LogP contribution in [0.25, 0.3) is 0 Å². The average molecular weight is 259 g/mol. The number of ether oxygens (including phenoxy) is 1. The van der Waals surface area contributed by atoms with Gasteiger partial charge in [-0.2, -0.15) is 0 Å². The maximum absolute atomic E-state index is 11.9. The average Bonchev–Trinajstić information content (AvgIpc) is 2.41. The third kappa shape index (κ3) is 2.92. The topological polar surface area (TPSA) is 97.5 Å². The summed E-state index contributed by atoms with van der Waals surface area (Å²) in [5.74, 6) is 0.0320. The third-order valence-electron chi connectivity index (χ3n) is 2.48. The molecule has 19 heavy (non-hydrogen) atoms. The molecular formula is C13H13N3O3. The van der Waals surface area contributed by atoms with E-state index in [1.807, 2.05) is 0 Å². The number of rotatable bonds is 3. The summed E-state index contributed by atoms with van der Waals surface area (Å²) in [6.07, 6.45) is 2.62. The first-order valence-electron chi connectivity index (χ1n) is 5.49. The Hall–Kier alpha value is -2.76. The largest absolute Gasteiger partial charge is 0.506 e. The molecule has 0 fully saturated rings. The molecule has 1 aromatic heterocycles. The van der Waals surface area contributed by atoms with Crippen LogP contribution in [0.15, 0.2) is 36.7 Å². The Morgan fingerprint density at radius 3 is 2.84 bits per heavy atom. The first-order valence-corrected chi connectivity index (χ1v) is 5.49. The van der Waals surface area contributed by atoms with Crippen LogP contribution < -0.4 is 15.8 Å². The van der Waals surface area contributed by atoms with Crippen molar-refractivity contribution in [2.75, 3.05) is 18.2 Å². The van der Waals surface area contributed by atoms with Gasteiger partial charge in [-0.05, 0) is 18.2 Å². The molecule has 0 radical (unpaired) electrons. The Kier molecular flexibility index (Phi) is 3.51. The molecule has 0 saturated heterocycles. The minimum atomic E-state index is -0.379. The lowest BCUT2D eigenvalue weighted by Gasteiger charge is -2.09. The highest BCUT2D eigenvalue weighted by Gasteiger charge is 2.08. The second-order valence-electron chi connectivity index (χ2n) is 3.84. The monoisotopic (exact) mass is 259 g/mol. The Labute approximate surface area is 109 Å². The van der Waals surface area contributed by atoms with Crippen molar-refractivity contribution in [3.8, 4) is 11.5 Å². The van der Waals surface area contributed by atoms with Gasteiger partial charge in [0.1, 0.15) is 11.5 Å². The van der Waals surface area contributed by atoms with Gasteiger partial charge in [0.15, 0.2) is 0 Å². The van der Waals surface area contributed by atoms with Crippen molar-refractivity contribution >= 4 is 17.3 Å². The molecule has 6 nitrogen and oxygen atoms in total. The molecule has 0 aliphatic heterocycles. The van der Waals surface area contributed by atoms with E-state index >= 15 is 0 Å². The van der Waals surface area contributed by atoms with Gasteiger partial charge < -0.3 is 20.9 Å². The first kappa shape index (κ1) is 12.7. The number of methoxy groups -OCH3 is 1. The quantitative estimate of drug-likeness (QED) is 0.728. The molecule has 4 N–H and O–H groups in total. The zero-order chi connectivity index (χ0) is 13.8. The number of anilines is 2. The summed E-state index contributed by atoms with van der Waals surface area (Å²) >= 11 is 0. The van der Waals surface area contributed by atoms with Crippen molar-refractivity contribution in [3.05, 3.63) is 42.2 Å². The SMILES string of the molecule is COc1cc(NC(=O)c2cncc(O)c2)ccc1N. The number of nitrogens with one attached hydrogen (secondary N) is 1. The van der Waals surface area contributed by atoms with Gasteiger partial charge in [-0.25, -0.2) is 0 Å². The minimum Gasteiger partial charge on any atom is -0.506 e. The number of aromatic hydroxyl groups is 1. The van der Waals surface area contributed by atoms with E-state index in [0.717, 1.165) is 0 Å². The molecule has 0 saturated carbocycles. The standard InChI is InChI=1S/C13H13N3O3/c1-19-12-5-9(2-3-11(12)14)16-13(18)8-4-10(17)7-15-6-8/h2-7,17H,14H2,1H3,(H,16,18). The zero-order valence-electron chi connectivity index (χ0n) is 10.3. The van der Waals surface area contributed by atoms with Crippen molar-refractivity contribution in [1.29, 1.82) is 0 Å². The number of amides is 1. The van der Waals surface area contributed by atoms with Crippen LogP contribution in [0.2, 0.25) is 0 Å². The summed E-state index contributed by atoms with van der Waals surface area (Å²) in [6, 6.07) is 6.24. The molecule has 1 heterocycles. The lowest BCUT2D eigenvalue weighted by molar-refractivity contribution is 0.102. The molecule has 1 aromatic carbocycles. The number of aromatic nitrogens is 1. The Bertz CT molecular complexity index is 614. The highest BCUT2D eigenvalue weighted by atomic mass is 16.5.